The first-order valence-corrected chi connectivity index (χ1v) is 6.83. The van der Waals surface area contributed by atoms with E-state index in [0.717, 1.165) is 17.9 Å². The van der Waals surface area contributed by atoms with Crippen molar-refractivity contribution in [3.63, 3.8) is 0 Å². The summed E-state index contributed by atoms with van der Waals surface area (Å²) in [5.41, 5.74) is 6.80. The maximum Gasteiger partial charge on any atom is 0.231 e. The molecule has 2 aromatic rings. The van der Waals surface area contributed by atoms with E-state index in [9.17, 15) is 4.79 Å². The summed E-state index contributed by atoms with van der Waals surface area (Å²) < 4.78 is 2.09. The number of nitrogens with zero attached hydrogens (tertiary/aromatic N) is 3. The van der Waals surface area contributed by atoms with Crippen molar-refractivity contribution >= 4 is 5.91 Å². The Bertz CT molecular complexity index is 593. The molecule has 1 amide bonds. The fourth-order valence-corrected chi connectivity index (χ4v) is 2.65. The van der Waals surface area contributed by atoms with Crippen LogP contribution < -0.4 is 5.73 Å². The minimum Gasteiger partial charge on any atom is -0.333 e. The Labute approximate surface area is 118 Å². The molecule has 1 atom stereocenters. The molecule has 0 spiro atoms. The second-order valence-electron chi connectivity index (χ2n) is 5.00. The number of aromatic nitrogens is 2. The lowest BCUT2D eigenvalue weighted by molar-refractivity contribution is -0.134. The van der Waals surface area contributed by atoms with Crippen LogP contribution >= 0.6 is 0 Å². The van der Waals surface area contributed by atoms with Crippen LogP contribution in [0.3, 0.4) is 0 Å². The number of amides is 1. The highest BCUT2D eigenvalue weighted by molar-refractivity contribution is 5.84. The third-order valence-electron chi connectivity index (χ3n) is 3.79. The highest BCUT2D eigenvalue weighted by Crippen LogP contribution is 2.20. The first kappa shape index (κ1) is 12.9. The molecule has 5 nitrogen and oxygen atoms in total. The summed E-state index contributed by atoms with van der Waals surface area (Å²) in [5, 5.41) is 0. The number of hydrogen-bond donors (Lipinski definition) is 1. The quantitative estimate of drug-likeness (QED) is 0.903. The largest absolute Gasteiger partial charge is 0.333 e. The molecule has 1 aromatic heterocycles. The molecule has 0 aliphatic carbocycles. The van der Waals surface area contributed by atoms with Crippen molar-refractivity contribution in [2.75, 3.05) is 13.1 Å². The van der Waals surface area contributed by atoms with Crippen molar-refractivity contribution in [1.82, 2.24) is 14.5 Å². The molecule has 1 aliphatic heterocycles. The zero-order chi connectivity index (χ0) is 13.9. The van der Waals surface area contributed by atoms with Gasteiger partial charge in [0.2, 0.25) is 5.91 Å². The Morgan fingerprint density at radius 1 is 1.30 bits per heavy atom. The number of rotatable bonds is 3. The third kappa shape index (κ3) is 2.32. The van der Waals surface area contributed by atoms with Crippen molar-refractivity contribution in [1.29, 1.82) is 0 Å². The molecule has 1 unspecified atom stereocenters. The van der Waals surface area contributed by atoms with Crippen LogP contribution in [0.25, 0.3) is 0 Å². The van der Waals surface area contributed by atoms with Gasteiger partial charge in [0.25, 0.3) is 0 Å². The van der Waals surface area contributed by atoms with Crippen LogP contribution in [0.4, 0.5) is 0 Å². The van der Waals surface area contributed by atoms with Crippen LogP contribution in [0.5, 0.6) is 0 Å². The Hall–Kier alpha value is -2.14. The lowest BCUT2D eigenvalue weighted by atomic mass is 9.97. The van der Waals surface area contributed by atoms with Gasteiger partial charge in [-0.2, -0.15) is 0 Å². The van der Waals surface area contributed by atoms with Gasteiger partial charge in [-0.15, -0.1) is 0 Å². The van der Waals surface area contributed by atoms with Gasteiger partial charge in [-0.1, -0.05) is 30.3 Å². The monoisotopic (exact) mass is 270 g/mol. The summed E-state index contributed by atoms with van der Waals surface area (Å²) in [6.07, 6.45) is 3.73. The predicted octanol–water partition coefficient (Wildman–Crippen LogP) is 0.968. The van der Waals surface area contributed by atoms with Gasteiger partial charge in [0.05, 0.1) is 12.5 Å². The maximum absolute atomic E-state index is 12.7. The number of benzene rings is 1. The van der Waals surface area contributed by atoms with E-state index in [2.05, 4.69) is 9.55 Å². The molecule has 2 heterocycles. The normalized spacial score (nSPS) is 15.8. The standard InChI is InChI=1S/C15H18N4O/c16-10-13(12-4-2-1-3-5-12)15(20)19-9-8-18-7-6-17-14(18)11-19/h1-7,13H,8-11,16H2. The molecule has 1 aromatic carbocycles. The summed E-state index contributed by atoms with van der Waals surface area (Å²) in [6.45, 7) is 2.40. The van der Waals surface area contributed by atoms with E-state index < -0.39 is 0 Å². The number of imidazole rings is 1. The van der Waals surface area contributed by atoms with E-state index in [1.807, 2.05) is 41.4 Å². The number of carbonyl (C=O) groups is 1. The van der Waals surface area contributed by atoms with Gasteiger partial charge in [-0.05, 0) is 5.56 Å². The molecular weight excluding hydrogens is 252 g/mol. The minimum atomic E-state index is -0.266. The van der Waals surface area contributed by atoms with Crippen molar-refractivity contribution < 1.29 is 4.79 Å². The van der Waals surface area contributed by atoms with E-state index in [-0.39, 0.29) is 11.8 Å². The fraction of sp³-hybridized carbons (Fsp3) is 0.333. The molecular formula is C15H18N4O. The Kier molecular flexibility index (Phi) is 3.52. The Balaban J connectivity index is 1.78. The Morgan fingerprint density at radius 3 is 2.85 bits per heavy atom. The zero-order valence-corrected chi connectivity index (χ0v) is 11.3. The second-order valence-corrected chi connectivity index (χ2v) is 5.00. The van der Waals surface area contributed by atoms with Crippen LogP contribution in [0.15, 0.2) is 42.7 Å². The number of hydrogen-bond acceptors (Lipinski definition) is 3. The summed E-state index contributed by atoms with van der Waals surface area (Å²) in [6, 6.07) is 9.74. The van der Waals surface area contributed by atoms with Crippen LogP contribution in [-0.2, 0) is 17.9 Å². The third-order valence-corrected chi connectivity index (χ3v) is 3.79. The number of fused-ring (bicyclic) bond motifs is 1. The topological polar surface area (TPSA) is 64.2 Å². The van der Waals surface area contributed by atoms with Gasteiger partial charge >= 0.3 is 0 Å². The van der Waals surface area contributed by atoms with E-state index in [4.69, 9.17) is 5.73 Å². The summed E-state index contributed by atoms with van der Waals surface area (Å²) in [5.74, 6) is 0.763. The average Bonchev–Trinajstić information content (AvgIpc) is 2.96. The summed E-state index contributed by atoms with van der Waals surface area (Å²) >= 11 is 0. The first-order chi connectivity index (χ1) is 9.79. The van der Waals surface area contributed by atoms with Gasteiger partial charge in [-0.25, -0.2) is 4.98 Å². The van der Waals surface area contributed by atoms with E-state index in [1.54, 1.807) is 6.20 Å². The molecule has 0 saturated heterocycles. The summed E-state index contributed by atoms with van der Waals surface area (Å²) in [4.78, 5) is 18.8. The molecule has 1 aliphatic rings. The smallest absolute Gasteiger partial charge is 0.231 e. The molecule has 0 bridgehead atoms. The first-order valence-electron chi connectivity index (χ1n) is 6.83. The predicted molar refractivity (Wildman–Crippen MR) is 75.9 cm³/mol. The zero-order valence-electron chi connectivity index (χ0n) is 11.3. The van der Waals surface area contributed by atoms with Crippen LogP contribution in [0, 0.1) is 0 Å². The number of nitrogens with two attached hydrogens (primary N) is 1. The SMILES string of the molecule is NCC(C(=O)N1CCn2ccnc2C1)c1ccccc1. The van der Waals surface area contributed by atoms with Gasteiger partial charge in [0.15, 0.2) is 0 Å². The van der Waals surface area contributed by atoms with Crippen molar-refractivity contribution in [3.05, 3.63) is 54.1 Å². The lowest BCUT2D eigenvalue weighted by Crippen LogP contribution is -2.42. The van der Waals surface area contributed by atoms with Gasteiger partial charge in [-0.3, -0.25) is 4.79 Å². The minimum absolute atomic E-state index is 0.0907. The maximum atomic E-state index is 12.7. The molecule has 3 rings (SSSR count). The molecule has 104 valence electrons. The van der Waals surface area contributed by atoms with Crippen molar-refractivity contribution in [3.8, 4) is 0 Å². The van der Waals surface area contributed by atoms with Gasteiger partial charge < -0.3 is 15.2 Å². The second kappa shape index (κ2) is 5.46. The van der Waals surface area contributed by atoms with Gasteiger partial charge in [0.1, 0.15) is 5.82 Å². The molecule has 0 radical (unpaired) electrons. The number of carbonyl (C=O) groups excluding carboxylic acids is 1. The van der Waals surface area contributed by atoms with Crippen LogP contribution in [0.1, 0.15) is 17.3 Å². The van der Waals surface area contributed by atoms with Crippen LogP contribution in [0.2, 0.25) is 0 Å². The molecule has 0 fully saturated rings. The highest BCUT2D eigenvalue weighted by atomic mass is 16.2. The van der Waals surface area contributed by atoms with Gasteiger partial charge in [0, 0.05) is 32.0 Å². The van der Waals surface area contributed by atoms with E-state index >= 15 is 0 Å². The molecule has 0 saturated carbocycles. The van der Waals surface area contributed by atoms with Crippen molar-refractivity contribution in [2.24, 2.45) is 5.73 Å². The van der Waals surface area contributed by atoms with Crippen LogP contribution in [-0.4, -0.2) is 33.4 Å². The van der Waals surface area contributed by atoms with E-state index in [0.29, 0.717) is 19.6 Å². The fourth-order valence-electron chi connectivity index (χ4n) is 2.65. The van der Waals surface area contributed by atoms with E-state index in [1.165, 1.54) is 0 Å². The molecule has 20 heavy (non-hydrogen) atoms. The summed E-state index contributed by atoms with van der Waals surface area (Å²) in [7, 11) is 0. The lowest BCUT2D eigenvalue weighted by Gasteiger charge is -2.30. The average molecular weight is 270 g/mol. The van der Waals surface area contributed by atoms with Crippen molar-refractivity contribution in [2.45, 2.75) is 19.0 Å². The highest BCUT2D eigenvalue weighted by Gasteiger charge is 2.27. The Morgan fingerprint density at radius 2 is 2.10 bits per heavy atom. The molecule has 5 heteroatoms. The molecule has 2 N–H and O–H groups in total.